The molecule has 0 aromatic carbocycles. The molecule has 1 atom stereocenters. The molecular weight excluding hydrogens is 423 g/mol. The Balaban J connectivity index is 0.00000264. The van der Waals surface area contributed by atoms with E-state index in [1.807, 2.05) is 0 Å². The molecule has 0 bridgehead atoms. The number of morpholine rings is 1. The largest absolute Gasteiger partial charge is 0.379 e. The fourth-order valence-electron chi connectivity index (χ4n) is 2.45. The Morgan fingerprint density at radius 3 is 2.83 bits per heavy atom. The van der Waals surface area contributed by atoms with Crippen molar-refractivity contribution in [3.63, 3.8) is 0 Å². The van der Waals surface area contributed by atoms with E-state index in [0.29, 0.717) is 5.92 Å². The highest BCUT2D eigenvalue weighted by Crippen LogP contribution is 2.07. The third-order valence-corrected chi connectivity index (χ3v) is 4.37. The first kappa shape index (κ1) is 20.7. The first-order chi connectivity index (χ1) is 10.8. The number of aliphatic imine (C=N–C) groups is 1. The molecule has 1 fully saturated rings. The third kappa shape index (κ3) is 8.32. The van der Waals surface area contributed by atoms with Gasteiger partial charge in [0.05, 0.1) is 19.8 Å². The summed E-state index contributed by atoms with van der Waals surface area (Å²) in [6.45, 7) is 11.9. The number of rotatable bonds is 7. The maximum Gasteiger partial charge on any atom is 0.191 e. The van der Waals surface area contributed by atoms with Crippen molar-refractivity contribution >= 4 is 41.3 Å². The van der Waals surface area contributed by atoms with E-state index < -0.39 is 0 Å². The van der Waals surface area contributed by atoms with Crippen LogP contribution in [0.15, 0.2) is 21.8 Å². The monoisotopic (exact) mass is 452 g/mol. The van der Waals surface area contributed by atoms with Crippen LogP contribution in [0.25, 0.3) is 0 Å². The van der Waals surface area contributed by atoms with Crippen molar-refractivity contribution in [2.24, 2.45) is 10.9 Å². The van der Waals surface area contributed by atoms with Gasteiger partial charge in [0.25, 0.3) is 0 Å². The molecule has 1 aromatic heterocycles. The number of ether oxygens (including phenoxy) is 1. The molecule has 0 aliphatic carbocycles. The predicted molar refractivity (Wildman–Crippen MR) is 109 cm³/mol. The molecule has 1 aliphatic heterocycles. The Bertz CT molecular complexity index is 435. The molecule has 7 heteroatoms. The van der Waals surface area contributed by atoms with Gasteiger partial charge in [0, 0.05) is 32.7 Å². The lowest BCUT2D eigenvalue weighted by molar-refractivity contribution is 0.0320. The van der Waals surface area contributed by atoms with Gasteiger partial charge in [-0.05, 0) is 35.2 Å². The predicted octanol–water partition coefficient (Wildman–Crippen LogP) is 2.39. The molecule has 1 saturated heterocycles. The van der Waals surface area contributed by atoms with Crippen molar-refractivity contribution in [3.05, 3.63) is 22.4 Å². The highest BCUT2D eigenvalue weighted by atomic mass is 127. The molecule has 132 valence electrons. The number of thiophene rings is 1. The summed E-state index contributed by atoms with van der Waals surface area (Å²) in [5.74, 6) is 1.49. The summed E-state index contributed by atoms with van der Waals surface area (Å²) in [6, 6.07) is 2.12. The van der Waals surface area contributed by atoms with Crippen LogP contribution in [-0.2, 0) is 11.3 Å². The van der Waals surface area contributed by atoms with Crippen molar-refractivity contribution in [3.8, 4) is 0 Å². The van der Waals surface area contributed by atoms with Crippen LogP contribution in [0.3, 0.4) is 0 Å². The number of hydrogen-bond acceptors (Lipinski definition) is 4. The number of hydrogen-bond donors (Lipinski definition) is 2. The molecular formula is C16H29IN4OS. The number of nitrogens with zero attached hydrogens (tertiary/aromatic N) is 2. The zero-order chi connectivity index (χ0) is 15.6. The normalized spacial score (nSPS) is 17.4. The van der Waals surface area contributed by atoms with E-state index >= 15 is 0 Å². The summed E-state index contributed by atoms with van der Waals surface area (Å²) < 4.78 is 5.39. The molecule has 0 spiro atoms. The van der Waals surface area contributed by atoms with Crippen LogP contribution in [0, 0.1) is 5.92 Å². The second-order valence-corrected chi connectivity index (χ2v) is 6.51. The van der Waals surface area contributed by atoms with Crippen LogP contribution in [-0.4, -0.2) is 56.8 Å². The average Bonchev–Trinajstić information content (AvgIpc) is 3.04. The Morgan fingerprint density at radius 1 is 1.39 bits per heavy atom. The van der Waals surface area contributed by atoms with Gasteiger partial charge in [-0.1, -0.05) is 6.92 Å². The lowest BCUT2D eigenvalue weighted by atomic mass is 10.1. The Labute approximate surface area is 160 Å². The summed E-state index contributed by atoms with van der Waals surface area (Å²) in [5.41, 5.74) is 1.27. The molecule has 2 N–H and O–H groups in total. The average molecular weight is 452 g/mol. The van der Waals surface area contributed by atoms with Gasteiger partial charge in [-0.2, -0.15) is 11.3 Å². The second-order valence-electron chi connectivity index (χ2n) is 5.73. The number of guanidine groups is 1. The standard InChI is InChI=1S/C16H28N4OS.HI/c1-3-17-16(19-11-15-4-9-22-13-15)18-10-14(2)12-20-5-7-21-8-6-20;/h4,9,13-14H,3,5-8,10-12H2,1-2H3,(H2,17,18,19);1H. The fourth-order valence-corrected chi connectivity index (χ4v) is 3.11. The molecule has 2 heterocycles. The summed E-state index contributed by atoms with van der Waals surface area (Å²) in [5, 5.41) is 11.0. The van der Waals surface area contributed by atoms with Crippen LogP contribution >= 0.6 is 35.3 Å². The minimum atomic E-state index is 0. The van der Waals surface area contributed by atoms with Gasteiger partial charge in [0.15, 0.2) is 5.96 Å². The van der Waals surface area contributed by atoms with Gasteiger partial charge in [0.2, 0.25) is 0 Å². The van der Waals surface area contributed by atoms with E-state index in [0.717, 1.165) is 58.4 Å². The molecule has 1 aromatic rings. The SMILES string of the molecule is CCNC(=NCc1ccsc1)NCC(C)CN1CCOCC1.I. The van der Waals surface area contributed by atoms with Crippen LogP contribution < -0.4 is 10.6 Å². The molecule has 23 heavy (non-hydrogen) atoms. The van der Waals surface area contributed by atoms with Crippen molar-refractivity contribution in [2.75, 3.05) is 45.9 Å². The van der Waals surface area contributed by atoms with E-state index in [2.05, 4.69) is 51.2 Å². The maximum atomic E-state index is 5.39. The lowest BCUT2D eigenvalue weighted by Gasteiger charge is -2.29. The summed E-state index contributed by atoms with van der Waals surface area (Å²) in [4.78, 5) is 7.12. The Hall–Kier alpha value is -0.380. The first-order valence-corrected chi connectivity index (χ1v) is 9.05. The van der Waals surface area contributed by atoms with Crippen LogP contribution in [0.2, 0.25) is 0 Å². The van der Waals surface area contributed by atoms with Gasteiger partial charge < -0.3 is 15.4 Å². The van der Waals surface area contributed by atoms with Gasteiger partial charge in [-0.25, -0.2) is 4.99 Å². The third-order valence-electron chi connectivity index (χ3n) is 3.64. The zero-order valence-corrected chi connectivity index (χ0v) is 17.2. The maximum absolute atomic E-state index is 5.39. The Morgan fingerprint density at radius 2 is 2.17 bits per heavy atom. The highest BCUT2D eigenvalue weighted by Gasteiger charge is 2.13. The molecule has 1 unspecified atom stereocenters. The lowest BCUT2D eigenvalue weighted by Crippen LogP contribution is -2.44. The van der Waals surface area contributed by atoms with Crippen LogP contribution in [0.4, 0.5) is 0 Å². The van der Waals surface area contributed by atoms with E-state index in [1.54, 1.807) is 11.3 Å². The van der Waals surface area contributed by atoms with E-state index in [1.165, 1.54) is 5.56 Å². The van der Waals surface area contributed by atoms with Gasteiger partial charge in [-0.15, -0.1) is 24.0 Å². The van der Waals surface area contributed by atoms with Crippen molar-refractivity contribution < 1.29 is 4.74 Å². The van der Waals surface area contributed by atoms with Crippen molar-refractivity contribution in [2.45, 2.75) is 20.4 Å². The van der Waals surface area contributed by atoms with E-state index in [4.69, 9.17) is 4.74 Å². The van der Waals surface area contributed by atoms with Crippen LogP contribution in [0.5, 0.6) is 0 Å². The fraction of sp³-hybridized carbons (Fsp3) is 0.688. The Kier molecular flexibility index (Phi) is 10.8. The first-order valence-electron chi connectivity index (χ1n) is 8.11. The molecule has 0 saturated carbocycles. The number of nitrogens with one attached hydrogen (secondary N) is 2. The van der Waals surface area contributed by atoms with Crippen molar-refractivity contribution in [1.82, 2.24) is 15.5 Å². The second kappa shape index (κ2) is 12.0. The highest BCUT2D eigenvalue weighted by molar-refractivity contribution is 14.0. The molecule has 0 radical (unpaired) electrons. The smallest absolute Gasteiger partial charge is 0.191 e. The van der Waals surface area contributed by atoms with E-state index in [9.17, 15) is 0 Å². The summed E-state index contributed by atoms with van der Waals surface area (Å²) in [7, 11) is 0. The number of halogens is 1. The van der Waals surface area contributed by atoms with Crippen molar-refractivity contribution in [1.29, 1.82) is 0 Å². The molecule has 2 rings (SSSR count). The minimum absolute atomic E-state index is 0. The van der Waals surface area contributed by atoms with Gasteiger partial charge >= 0.3 is 0 Å². The van der Waals surface area contributed by atoms with E-state index in [-0.39, 0.29) is 24.0 Å². The molecule has 0 amide bonds. The minimum Gasteiger partial charge on any atom is -0.379 e. The summed E-state index contributed by atoms with van der Waals surface area (Å²) >= 11 is 1.72. The molecule has 5 nitrogen and oxygen atoms in total. The van der Waals surface area contributed by atoms with Gasteiger partial charge in [-0.3, -0.25) is 4.90 Å². The molecule has 1 aliphatic rings. The van der Waals surface area contributed by atoms with Gasteiger partial charge in [0.1, 0.15) is 0 Å². The quantitative estimate of drug-likeness (QED) is 0.379. The topological polar surface area (TPSA) is 48.9 Å². The zero-order valence-electron chi connectivity index (χ0n) is 14.1. The summed E-state index contributed by atoms with van der Waals surface area (Å²) in [6.07, 6.45) is 0. The van der Waals surface area contributed by atoms with Crippen LogP contribution in [0.1, 0.15) is 19.4 Å².